The Bertz CT molecular complexity index is 143. The van der Waals surface area contributed by atoms with Gasteiger partial charge in [-0.1, -0.05) is 32.6 Å². The van der Waals surface area contributed by atoms with Crippen molar-refractivity contribution in [2.24, 2.45) is 0 Å². The first-order chi connectivity index (χ1) is 7.31. The van der Waals surface area contributed by atoms with Crippen molar-refractivity contribution >= 4 is 5.78 Å². The molecule has 0 heterocycles. The minimum atomic E-state index is 0.409. The average Bonchev–Trinajstić information content (AvgIpc) is 2.24. The van der Waals surface area contributed by atoms with Crippen molar-refractivity contribution in [1.82, 2.24) is 0 Å². The number of ether oxygens (including phenoxy) is 1. The number of rotatable bonds is 11. The Morgan fingerprint density at radius 1 is 0.933 bits per heavy atom. The molecule has 0 aromatic rings. The van der Waals surface area contributed by atoms with Crippen LogP contribution in [0.4, 0.5) is 0 Å². The minimum absolute atomic E-state index is 0.409. The summed E-state index contributed by atoms with van der Waals surface area (Å²) in [5.74, 6) is 0.409. The summed E-state index contributed by atoms with van der Waals surface area (Å²) in [5.41, 5.74) is 0. The average molecular weight is 214 g/mol. The highest BCUT2D eigenvalue weighted by Gasteiger charge is 2.01. The number of hydrogen-bond donors (Lipinski definition) is 0. The summed E-state index contributed by atoms with van der Waals surface area (Å²) in [5, 5.41) is 0. The molecule has 0 aromatic heterocycles. The lowest BCUT2D eigenvalue weighted by atomic mass is 10.1. The van der Waals surface area contributed by atoms with Gasteiger partial charge in [0.2, 0.25) is 0 Å². The van der Waals surface area contributed by atoms with E-state index >= 15 is 0 Å². The van der Waals surface area contributed by atoms with Crippen molar-refractivity contribution in [2.75, 3.05) is 13.2 Å². The van der Waals surface area contributed by atoms with Gasteiger partial charge >= 0.3 is 0 Å². The van der Waals surface area contributed by atoms with Crippen LogP contribution in [-0.2, 0) is 9.53 Å². The van der Waals surface area contributed by atoms with Gasteiger partial charge in [-0.05, 0) is 19.8 Å². The van der Waals surface area contributed by atoms with Gasteiger partial charge in [0.15, 0.2) is 0 Å². The smallest absolute Gasteiger partial charge is 0.132 e. The highest BCUT2D eigenvalue weighted by atomic mass is 16.5. The maximum absolute atomic E-state index is 11.4. The first kappa shape index (κ1) is 14.6. The predicted molar refractivity (Wildman–Crippen MR) is 64.1 cm³/mol. The molecular weight excluding hydrogens is 188 g/mol. The van der Waals surface area contributed by atoms with Crippen LogP contribution in [0.25, 0.3) is 0 Å². The summed E-state index contributed by atoms with van der Waals surface area (Å²) < 4.78 is 5.19. The van der Waals surface area contributed by atoms with Crippen molar-refractivity contribution < 1.29 is 9.53 Å². The Kier molecular flexibility index (Phi) is 11.4. The Labute approximate surface area is 94.4 Å². The highest BCUT2D eigenvalue weighted by Crippen LogP contribution is 2.07. The summed E-state index contributed by atoms with van der Waals surface area (Å²) in [4.78, 5) is 11.4. The quantitative estimate of drug-likeness (QED) is 0.490. The topological polar surface area (TPSA) is 26.3 Å². The zero-order chi connectivity index (χ0) is 11.4. The van der Waals surface area contributed by atoms with Crippen LogP contribution in [0.5, 0.6) is 0 Å². The molecule has 2 heteroatoms. The van der Waals surface area contributed by atoms with Gasteiger partial charge in [-0.25, -0.2) is 0 Å². The van der Waals surface area contributed by atoms with Crippen molar-refractivity contribution in [1.29, 1.82) is 0 Å². The van der Waals surface area contributed by atoms with E-state index in [0.29, 0.717) is 12.2 Å². The zero-order valence-electron chi connectivity index (χ0n) is 10.4. The lowest BCUT2D eigenvalue weighted by molar-refractivity contribution is -0.119. The van der Waals surface area contributed by atoms with Crippen molar-refractivity contribution in [3.05, 3.63) is 0 Å². The van der Waals surface area contributed by atoms with Gasteiger partial charge in [0.05, 0.1) is 0 Å². The molecule has 2 nitrogen and oxygen atoms in total. The molecule has 90 valence electrons. The molecule has 0 amide bonds. The molecule has 0 spiro atoms. The van der Waals surface area contributed by atoms with Crippen LogP contribution >= 0.6 is 0 Å². The van der Waals surface area contributed by atoms with Crippen LogP contribution in [0, 0.1) is 0 Å². The second-order valence-electron chi connectivity index (χ2n) is 4.00. The van der Waals surface area contributed by atoms with E-state index in [-0.39, 0.29) is 0 Å². The largest absolute Gasteiger partial charge is 0.382 e. The van der Waals surface area contributed by atoms with E-state index in [2.05, 4.69) is 6.92 Å². The van der Waals surface area contributed by atoms with E-state index in [0.717, 1.165) is 32.5 Å². The Morgan fingerprint density at radius 3 is 2.27 bits per heavy atom. The lowest BCUT2D eigenvalue weighted by Gasteiger charge is -2.01. The van der Waals surface area contributed by atoms with Gasteiger partial charge in [-0.15, -0.1) is 0 Å². The number of carbonyl (C=O) groups is 1. The minimum Gasteiger partial charge on any atom is -0.382 e. The molecule has 0 fully saturated rings. The molecule has 0 N–H and O–H groups in total. The fourth-order valence-electron chi connectivity index (χ4n) is 1.57. The number of hydrogen-bond acceptors (Lipinski definition) is 2. The fourth-order valence-corrected chi connectivity index (χ4v) is 1.57. The molecule has 0 rings (SSSR count). The summed E-state index contributed by atoms with van der Waals surface area (Å²) >= 11 is 0. The second kappa shape index (κ2) is 11.7. The van der Waals surface area contributed by atoms with Crippen molar-refractivity contribution in [3.63, 3.8) is 0 Å². The van der Waals surface area contributed by atoms with Crippen LogP contribution < -0.4 is 0 Å². The van der Waals surface area contributed by atoms with Gasteiger partial charge in [0, 0.05) is 26.1 Å². The third-order valence-electron chi connectivity index (χ3n) is 2.51. The van der Waals surface area contributed by atoms with Crippen LogP contribution in [0.3, 0.4) is 0 Å². The van der Waals surface area contributed by atoms with E-state index in [4.69, 9.17) is 4.74 Å². The molecule has 0 bridgehead atoms. The maximum atomic E-state index is 11.4. The third kappa shape index (κ3) is 11.6. The van der Waals surface area contributed by atoms with Gasteiger partial charge in [-0.2, -0.15) is 0 Å². The molecule has 0 aliphatic heterocycles. The number of carbonyl (C=O) groups excluding carboxylic acids is 1. The SMILES string of the molecule is CCCCCCCC(=O)CCCOCC. The van der Waals surface area contributed by atoms with Crippen LogP contribution in [0.15, 0.2) is 0 Å². The van der Waals surface area contributed by atoms with Crippen LogP contribution in [0.1, 0.15) is 65.2 Å². The Morgan fingerprint density at radius 2 is 1.60 bits per heavy atom. The number of unbranched alkanes of at least 4 members (excludes halogenated alkanes) is 4. The first-order valence-electron chi connectivity index (χ1n) is 6.40. The van der Waals surface area contributed by atoms with E-state index in [1.807, 2.05) is 6.92 Å². The van der Waals surface area contributed by atoms with Gasteiger partial charge in [0.1, 0.15) is 5.78 Å². The fraction of sp³-hybridized carbons (Fsp3) is 0.923. The molecule has 0 aliphatic carbocycles. The van der Waals surface area contributed by atoms with Crippen LogP contribution in [-0.4, -0.2) is 19.0 Å². The maximum Gasteiger partial charge on any atom is 0.132 e. The zero-order valence-corrected chi connectivity index (χ0v) is 10.4. The standard InChI is InChI=1S/C13H26O2/c1-3-5-6-7-8-10-13(14)11-9-12-15-4-2/h3-12H2,1-2H3. The molecule has 0 atom stereocenters. The van der Waals surface area contributed by atoms with Gasteiger partial charge in [0.25, 0.3) is 0 Å². The molecule has 0 radical (unpaired) electrons. The van der Waals surface area contributed by atoms with E-state index in [1.165, 1.54) is 25.7 Å². The molecule has 0 aliphatic rings. The third-order valence-corrected chi connectivity index (χ3v) is 2.51. The summed E-state index contributed by atoms with van der Waals surface area (Å²) in [6.07, 6.45) is 8.51. The summed E-state index contributed by atoms with van der Waals surface area (Å²) in [6.45, 7) is 5.68. The Hall–Kier alpha value is -0.370. The normalized spacial score (nSPS) is 10.5. The van der Waals surface area contributed by atoms with Gasteiger partial charge < -0.3 is 4.74 Å². The molecule has 0 saturated heterocycles. The summed E-state index contributed by atoms with van der Waals surface area (Å²) in [6, 6.07) is 0. The monoisotopic (exact) mass is 214 g/mol. The van der Waals surface area contributed by atoms with Gasteiger partial charge in [-0.3, -0.25) is 4.79 Å². The lowest BCUT2D eigenvalue weighted by Crippen LogP contribution is -2.01. The summed E-state index contributed by atoms with van der Waals surface area (Å²) in [7, 11) is 0. The number of ketones is 1. The molecule has 0 aromatic carbocycles. The molecule has 15 heavy (non-hydrogen) atoms. The second-order valence-corrected chi connectivity index (χ2v) is 4.00. The van der Waals surface area contributed by atoms with Crippen molar-refractivity contribution in [3.8, 4) is 0 Å². The van der Waals surface area contributed by atoms with E-state index in [9.17, 15) is 4.79 Å². The number of Topliss-reactive ketones (excluding diaryl/α,β-unsaturated/α-hetero) is 1. The molecule has 0 saturated carbocycles. The highest BCUT2D eigenvalue weighted by molar-refractivity contribution is 5.78. The molecular formula is C13H26O2. The Balaban J connectivity index is 3.11. The van der Waals surface area contributed by atoms with E-state index in [1.54, 1.807) is 0 Å². The predicted octanol–water partition coefficient (Wildman–Crippen LogP) is 3.73. The first-order valence-corrected chi connectivity index (χ1v) is 6.40. The van der Waals surface area contributed by atoms with E-state index < -0.39 is 0 Å². The molecule has 0 unspecified atom stereocenters. The van der Waals surface area contributed by atoms with Crippen LogP contribution in [0.2, 0.25) is 0 Å². The van der Waals surface area contributed by atoms with Crippen molar-refractivity contribution in [2.45, 2.75) is 65.2 Å².